The van der Waals surface area contributed by atoms with E-state index in [1.54, 1.807) is 18.5 Å². The summed E-state index contributed by atoms with van der Waals surface area (Å²) in [6, 6.07) is 9.15. The Morgan fingerprint density at radius 1 is 1.38 bits per heavy atom. The number of nitrogens with two attached hydrogens (primary N) is 1. The average molecular weight is 318 g/mol. The van der Waals surface area contributed by atoms with Crippen LogP contribution < -0.4 is 11.1 Å². The number of amides is 1. The van der Waals surface area contributed by atoms with Gasteiger partial charge in [-0.3, -0.25) is 9.78 Å². The van der Waals surface area contributed by atoms with Crippen LogP contribution in [0.4, 0.5) is 5.69 Å². The molecule has 0 atom stereocenters. The van der Waals surface area contributed by atoms with Gasteiger partial charge in [0.1, 0.15) is 4.88 Å². The van der Waals surface area contributed by atoms with Gasteiger partial charge in [-0.1, -0.05) is 17.7 Å². The zero-order valence-electron chi connectivity index (χ0n) is 11.0. The molecule has 0 saturated heterocycles. The average Bonchev–Trinajstić information content (AvgIpc) is 2.82. The molecule has 3 rings (SSSR count). The first-order valence-corrected chi connectivity index (χ1v) is 7.49. The summed E-state index contributed by atoms with van der Waals surface area (Å²) in [6.45, 7) is 0.418. The van der Waals surface area contributed by atoms with Crippen molar-refractivity contribution in [2.45, 2.75) is 6.54 Å². The van der Waals surface area contributed by atoms with Gasteiger partial charge in [0.05, 0.1) is 5.69 Å². The molecule has 2 heterocycles. The smallest absolute Gasteiger partial charge is 0.263 e. The second-order valence-corrected chi connectivity index (χ2v) is 6.02. The molecule has 0 saturated carbocycles. The van der Waals surface area contributed by atoms with Crippen molar-refractivity contribution in [1.29, 1.82) is 0 Å². The maximum Gasteiger partial charge on any atom is 0.263 e. The Kier molecular flexibility index (Phi) is 3.77. The van der Waals surface area contributed by atoms with Crippen molar-refractivity contribution >= 4 is 44.6 Å². The van der Waals surface area contributed by atoms with Crippen LogP contribution in [0.1, 0.15) is 15.2 Å². The van der Waals surface area contributed by atoms with Gasteiger partial charge in [-0.2, -0.15) is 0 Å². The third-order valence-corrected chi connectivity index (χ3v) is 4.47. The zero-order chi connectivity index (χ0) is 14.8. The van der Waals surface area contributed by atoms with E-state index in [1.165, 1.54) is 11.3 Å². The highest BCUT2D eigenvalue weighted by atomic mass is 35.5. The minimum absolute atomic E-state index is 0.186. The molecule has 3 aromatic rings. The van der Waals surface area contributed by atoms with Crippen LogP contribution in [0.2, 0.25) is 5.02 Å². The van der Waals surface area contributed by atoms with E-state index in [1.807, 2.05) is 24.3 Å². The van der Waals surface area contributed by atoms with Gasteiger partial charge in [-0.05, 0) is 29.8 Å². The lowest BCUT2D eigenvalue weighted by Gasteiger charge is -2.04. The largest absolute Gasteiger partial charge is 0.397 e. The van der Waals surface area contributed by atoms with Crippen molar-refractivity contribution in [3.63, 3.8) is 0 Å². The van der Waals surface area contributed by atoms with Crippen LogP contribution in [0, 0.1) is 0 Å². The number of rotatable bonds is 3. The van der Waals surface area contributed by atoms with E-state index in [2.05, 4.69) is 10.3 Å². The number of hydrogen-bond donors (Lipinski definition) is 2. The standard InChI is InChI=1S/C15H12ClN3OS/c16-10-3-4-11-12(6-10)21-14(13(11)17)15(20)19-8-9-2-1-5-18-7-9/h1-7H,8,17H2,(H,19,20). The molecule has 0 aliphatic heterocycles. The number of carbonyl (C=O) groups excluding carboxylic acids is 1. The van der Waals surface area contributed by atoms with Gasteiger partial charge in [0.15, 0.2) is 0 Å². The van der Waals surface area contributed by atoms with Crippen molar-refractivity contribution in [3.05, 3.63) is 58.2 Å². The molecule has 4 nitrogen and oxygen atoms in total. The molecule has 0 spiro atoms. The van der Waals surface area contributed by atoms with Crippen molar-refractivity contribution in [3.8, 4) is 0 Å². The molecule has 0 fully saturated rings. The Morgan fingerprint density at radius 2 is 2.24 bits per heavy atom. The van der Waals surface area contributed by atoms with Gasteiger partial charge in [0.2, 0.25) is 0 Å². The fraction of sp³-hybridized carbons (Fsp3) is 0.0667. The molecule has 0 aliphatic carbocycles. The van der Waals surface area contributed by atoms with Crippen molar-refractivity contribution in [2.24, 2.45) is 0 Å². The number of anilines is 1. The monoisotopic (exact) mass is 317 g/mol. The molecule has 0 bridgehead atoms. The molecule has 21 heavy (non-hydrogen) atoms. The first-order chi connectivity index (χ1) is 10.1. The Labute approximate surface area is 130 Å². The first kappa shape index (κ1) is 13.9. The van der Waals surface area contributed by atoms with Gasteiger partial charge < -0.3 is 11.1 Å². The van der Waals surface area contributed by atoms with Gasteiger partial charge in [0.25, 0.3) is 5.91 Å². The van der Waals surface area contributed by atoms with E-state index < -0.39 is 0 Å². The molecule has 6 heteroatoms. The summed E-state index contributed by atoms with van der Waals surface area (Å²) < 4.78 is 0.909. The number of carbonyl (C=O) groups is 1. The second-order valence-electron chi connectivity index (χ2n) is 4.53. The fourth-order valence-corrected chi connectivity index (χ4v) is 3.34. The number of benzene rings is 1. The van der Waals surface area contributed by atoms with Gasteiger partial charge in [-0.25, -0.2) is 0 Å². The topological polar surface area (TPSA) is 68.0 Å². The lowest BCUT2D eigenvalue weighted by Crippen LogP contribution is -2.22. The number of hydrogen-bond acceptors (Lipinski definition) is 4. The summed E-state index contributed by atoms with van der Waals surface area (Å²) in [7, 11) is 0. The van der Waals surface area contributed by atoms with Crippen molar-refractivity contribution in [1.82, 2.24) is 10.3 Å². The maximum absolute atomic E-state index is 12.3. The number of pyridine rings is 1. The molecular weight excluding hydrogens is 306 g/mol. The van der Waals surface area contributed by atoms with E-state index in [0.717, 1.165) is 15.6 Å². The lowest BCUT2D eigenvalue weighted by molar-refractivity contribution is 0.0956. The second kappa shape index (κ2) is 5.71. The SMILES string of the molecule is Nc1c(C(=O)NCc2cccnc2)sc2cc(Cl)ccc12. The Hall–Kier alpha value is -2.11. The predicted molar refractivity (Wildman–Crippen MR) is 86.7 cm³/mol. The highest BCUT2D eigenvalue weighted by Crippen LogP contribution is 2.35. The van der Waals surface area contributed by atoms with E-state index in [-0.39, 0.29) is 5.91 Å². The highest BCUT2D eigenvalue weighted by Gasteiger charge is 2.16. The van der Waals surface area contributed by atoms with Crippen LogP contribution >= 0.6 is 22.9 Å². The van der Waals surface area contributed by atoms with Crippen LogP contribution in [0.3, 0.4) is 0 Å². The Balaban J connectivity index is 1.83. The lowest BCUT2D eigenvalue weighted by atomic mass is 10.2. The van der Waals surface area contributed by atoms with Gasteiger partial charge in [-0.15, -0.1) is 11.3 Å². The molecule has 3 N–H and O–H groups in total. The zero-order valence-corrected chi connectivity index (χ0v) is 12.5. The summed E-state index contributed by atoms with van der Waals surface area (Å²) in [4.78, 5) is 16.8. The van der Waals surface area contributed by atoms with Crippen LogP contribution in [-0.2, 0) is 6.54 Å². The quantitative estimate of drug-likeness (QED) is 0.777. The summed E-state index contributed by atoms with van der Waals surface area (Å²) in [5.74, 6) is -0.186. The number of nitrogen functional groups attached to an aromatic ring is 1. The summed E-state index contributed by atoms with van der Waals surface area (Å²) in [6.07, 6.45) is 3.41. The Morgan fingerprint density at radius 3 is 3.00 bits per heavy atom. The molecule has 0 unspecified atom stereocenters. The van der Waals surface area contributed by atoms with Crippen molar-refractivity contribution < 1.29 is 4.79 Å². The normalized spacial score (nSPS) is 10.7. The molecule has 0 radical (unpaired) electrons. The number of nitrogens with one attached hydrogen (secondary N) is 1. The molecular formula is C15H12ClN3OS. The number of fused-ring (bicyclic) bond motifs is 1. The van der Waals surface area contributed by atoms with Gasteiger partial charge in [0, 0.05) is 34.0 Å². The molecule has 0 aliphatic rings. The Bertz CT molecular complexity index is 801. The van der Waals surface area contributed by atoms with Crippen LogP contribution in [0.5, 0.6) is 0 Å². The number of nitrogens with zero attached hydrogens (tertiary/aromatic N) is 1. The maximum atomic E-state index is 12.3. The molecule has 1 amide bonds. The number of halogens is 1. The summed E-state index contributed by atoms with van der Waals surface area (Å²) in [5, 5.41) is 4.34. The third kappa shape index (κ3) is 2.84. The minimum atomic E-state index is -0.186. The van der Waals surface area contributed by atoms with Crippen LogP contribution in [-0.4, -0.2) is 10.9 Å². The molecule has 106 valence electrons. The summed E-state index contributed by atoms with van der Waals surface area (Å²) >= 11 is 7.30. The fourth-order valence-electron chi connectivity index (χ4n) is 2.02. The first-order valence-electron chi connectivity index (χ1n) is 6.30. The van der Waals surface area contributed by atoms with Crippen LogP contribution in [0.15, 0.2) is 42.7 Å². The number of thiophene rings is 1. The van der Waals surface area contributed by atoms with E-state index in [0.29, 0.717) is 22.1 Å². The molecule has 2 aromatic heterocycles. The predicted octanol–water partition coefficient (Wildman–Crippen LogP) is 3.46. The van der Waals surface area contributed by atoms with Crippen LogP contribution in [0.25, 0.3) is 10.1 Å². The van der Waals surface area contributed by atoms with Crippen molar-refractivity contribution in [2.75, 3.05) is 5.73 Å². The van der Waals surface area contributed by atoms with E-state index in [4.69, 9.17) is 17.3 Å². The van der Waals surface area contributed by atoms with Gasteiger partial charge >= 0.3 is 0 Å². The highest BCUT2D eigenvalue weighted by molar-refractivity contribution is 7.21. The molecule has 1 aromatic carbocycles. The third-order valence-electron chi connectivity index (χ3n) is 3.07. The summed E-state index contributed by atoms with van der Waals surface area (Å²) in [5.41, 5.74) is 7.49. The number of aromatic nitrogens is 1. The van der Waals surface area contributed by atoms with E-state index in [9.17, 15) is 4.79 Å². The van der Waals surface area contributed by atoms with E-state index >= 15 is 0 Å². The minimum Gasteiger partial charge on any atom is -0.397 e.